The molecule has 1 atom stereocenters. The Labute approximate surface area is 183 Å². The predicted octanol–water partition coefficient (Wildman–Crippen LogP) is 4.85. The molecule has 1 unspecified atom stereocenters. The van der Waals surface area contributed by atoms with Crippen molar-refractivity contribution in [3.63, 3.8) is 0 Å². The van der Waals surface area contributed by atoms with Gasteiger partial charge in [0.05, 0.1) is 28.1 Å². The Hall–Kier alpha value is -3.29. The van der Waals surface area contributed by atoms with E-state index in [4.69, 9.17) is 25.6 Å². The molecule has 1 amide bonds. The quantitative estimate of drug-likeness (QED) is 0.437. The number of benzene rings is 2. The molecule has 1 fully saturated rings. The average Bonchev–Trinajstić information content (AvgIpc) is 3.28. The maximum atomic E-state index is 12.6. The Morgan fingerprint density at radius 1 is 1.26 bits per heavy atom. The van der Waals surface area contributed by atoms with Crippen molar-refractivity contribution in [3.8, 4) is 16.9 Å². The molecule has 0 saturated carbocycles. The third-order valence-electron chi connectivity index (χ3n) is 5.34. The topological polar surface area (TPSA) is 93.8 Å². The number of aryl methyl sites for hydroxylation is 1. The van der Waals surface area contributed by atoms with E-state index in [0.717, 1.165) is 29.9 Å². The summed E-state index contributed by atoms with van der Waals surface area (Å²) in [5, 5.41) is 17.7. The average molecular weight is 439 g/mol. The van der Waals surface area contributed by atoms with Crippen LogP contribution < -0.4 is 10.1 Å². The van der Waals surface area contributed by atoms with Crippen LogP contribution in [0.1, 0.15) is 23.4 Å². The van der Waals surface area contributed by atoms with E-state index in [-0.39, 0.29) is 23.2 Å². The zero-order chi connectivity index (χ0) is 21.5. The number of aliphatic hydroxyl groups is 1. The number of hydrogen-bond donors (Lipinski definition) is 2. The lowest BCUT2D eigenvalue weighted by molar-refractivity contribution is -0.110. The summed E-state index contributed by atoms with van der Waals surface area (Å²) in [5.41, 5.74) is 3.36. The second kappa shape index (κ2) is 7.76. The monoisotopic (exact) mass is 438 g/mol. The van der Waals surface area contributed by atoms with Gasteiger partial charge in [-0.2, -0.15) is 0 Å². The van der Waals surface area contributed by atoms with Crippen LogP contribution >= 0.6 is 11.6 Å². The number of hydrogen-bond acceptors (Lipinski definition) is 6. The lowest BCUT2D eigenvalue weighted by atomic mass is 9.98. The van der Waals surface area contributed by atoms with Crippen LogP contribution in [0.25, 0.3) is 22.5 Å². The van der Waals surface area contributed by atoms with Crippen molar-refractivity contribution in [1.29, 1.82) is 0 Å². The number of ether oxygens (including phenoxy) is 2. The highest BCUT2D eigenvalue weighted by Gasteiger charge is 2.31. The van der Waals surface area contributed by atoms with Gasteiger partial charge in [0.25, 0.3) is 5.91 Å². The minimum absolute atomic E-state index is 0.115. The Morgan fingerprint density at radius 3 is 2.68 bits per heavy atom. The fourth-order valence-electron chi connectivity index (χ4n) is 3.58. The van der Waals surface area contributed by atoms with Gasteiger partial charge in [0.1, 0.15) is 12.4 Å². The third-order valence-corrected chi connectivity index (χ3v) is 5.66. The molecule has 0 spiro atoms. The molecule has 0 bridgehead atoms. The number of amides is 1. The van der Waals surface area contributed by atoms with Crippen LogP contribution in [0.4, 0.5) is 5.69 Å². The smallest absolute Gasteiger partial charge is 0.260 e. The van der Waals surface area contributed by atoms with Crippen molar-refractivity contribution >= 4 is 34.5 Å². The Kier molecular flexibility index (Phi) is 4.92. The standard InChI is InChI=1S/C23H19ClN2O5/c1-12-8-20(31-26-12)22(27)21-17-9-16(18(24)10-19(17)25-23(21)28)13-2-4-14(5-3-13)30-11-15-6-7-29-15/h2-5,8-10,15,27H,6-7,11H2,1H3,(H,25,28). The summed E-state index contributed by atoms with van der Waals surface area (Å²) in [4.78, 5) is 12.6. The zero-order valence-corrected chi connectivity index (χ0v) is 17.4. The lowest BCUT2D eigenvalue weighted by Gasteiger charge is -2.26. The van der Waals surface area contributed by atoms with Crippen LogP contribution in [0.15, 0.2) is 47.0 Å². The molecule has 0 radical (unpaired) electrons. The number of aliphatic hydroxyl groups excluding tert-OH is 1. The number of carbonyl (C=O) groups is 1. The first-order valence-corrected chi connectivity index (χ1v) is 10.2. The Morgan fingerprint density at radius 2 is 2.03 bits per heavy atom. The van der Waals surface area contributed by atoms with Gasteiger partial charge in [0.2, 0.25) is 5.76 Å². The molecule has 2 aromatic carbocycles. The minimum Gasteiger partial charge on any atom is -0.504 e. The summed E-state index contributed by atoms with van der Waals surface area (Å²) in [6.45, 7) is 3.06. The summed E-state index contributed by atoms with van der Waals surface area (Å²) >= 11 is 6.50. The van der Waals surface area contributed by atoms with Crippen molar-refractivity contribution in [3.05, 3.63) is 64.5 Å². The number of anilines is 1. The molecular formula is C23H19ClN2O5. The molecule has 7 nitrogen and oxygen atoms in total. The molecule has 5 rings (SSSR count). The Bertz CT molecular complexity index is 1200. The SMILES string of the molecule is Cc1cc(C(O)=C2C(=O)Nc3cc(Cl)c(-c4ccc(OCC5CCO5)cc4)cc32)on1. The van der Waals surface area contributed by atoms with Crippen LogP contribution in [0.2, 0.25) is 5.02 Å². The van der Waals surface area contributed by atoms with Gasteiger partial charge in [-0.05, 0) is 36.8 Å². The summed E-state index contributed by atoms with van der Waals surface area (Å²) in [6, 6.07) is 12.6. The van der Waals surface area contributed by atoms with Gasteiger partial charge >= 0.3 is 0 Å². The first-order chi connectivity index (χ1) is 15.0. The number of fused-ring (bicyclic) bond motifs is 1. The molecule has 2 aliphatic heterocycles. The molecule has 1 aromatic heterocycles. The second-order valence-electron chi connectivity index (χ2n) is 7.50. The fraction of sp³-hybridized carbons (Fsp3) is 0.217. The zero-order valence-electron chi connectivity index (χ0n) is 16.6. The maximum Gasteiger partial charge on any atom is 0.260 e. The maximum absolute atomic E-state index is 12.6. The van der Waals surface area contributed by atoms with Crippen LogP contribution in [0.3, 0.4) is 0 Å². The Balaban J connectivity index is 1.48. The van der Waals surface area contributed by atoms with E-state index < -0.39 is 5.91 Å². The largest absolute Gasteiger partial charge is 0.504 e. The number of nitrogens with one attached hydrogen (secondary N) is 1. The lowest BCUT2D eigenvalue weighted by Crippen LogP contribution is -2.32. The number of halogens is 1. The summed E-state index contributed by atoms with van der Waals surface area (Å²) in [7, 11) is 0. The number of rotatable bonds is 5. The van der Waals surface area contributed by atoms with E-state index in [9.17, 15) is 9.90 Å². The molecule has 3 heterocycles. The first kappa shape index (κ1) is 19.7. The van der Waals surface area contributed by atoms with Gasteiger partial charge in [-0.25, -0.2) is 0 Å². The molecule has 1 saturated heterocycles. The first-order valence-electron chi connectivity index (χ1n) is 9.86. The van der Waals surface area contributed by atoms with Crippen molar-refractivity contribution in [2.24, 2.45) is 0 Å². The normalized spacial score (nSPS) is 18.9. The van der Waals surface area contributed by atoms with Gasteiger partial charge < -0.3 is 24.4 Å². The summed E-state index contributed by atoms with van der Waals surface area (Å²) < 4.78 is 16.2. The van der Waals surface area contributed by atoms with E-state index in [2.05, 4.69) is 10.5 Å². The van der Waals surface area contributed by atoms with Gasteiger partial charge in [-0.15, -0.1) is 0 Å². The van der Waals surface area contributed by atoms with E-state index in [1.807, 2.05) is 24.3 Å². The summed E-state index contributed by atoms with van der Waals surface area (Å²) in [6.07, 6.45) is 1.19. The van der Waals surface area contributed by atoms with Crippen LogP contribution in [0.5, 0.6) is 5.75 Å². The van der Waals surface area contributed by atoms with E-state index in [1.165, 1.54) is 0 Å². The van der Waals surface area contributed by atoms with Crippen molar-refractivity contribution in [2.75, 3.05) is 18.5 Å². The molecule has 0 aliphatic carbocycles. The van der Waals surface area contributed by atoms with E-state index in [1.54, 1.807) is 25.1 Å². The molecule has 31 heavy (non-hydrogen) atoms. The van der Waals surface area contributed by atoms with Crippen molar-refractivity contribution in [2.45, 2.75) is 19.4 Å². The summed E-state index contributed by atoms with van der Waals surface area (Å²) in [5.74, 6) is 0.167. The van der Waals surface area contributed by atoms with Gasteiger partial charge in [0, 0.05) is 30.2 Å². The van der Waals surface area contributed by atoms with Gasteiger partial charge in [-0.3, -0.25) is 4.79 Å². The van der Waals surface area contributed by atoms with E-state index in [0.29, 0.717) is 28.6 Å². The number of carbonyl (C=O) groups excluding carboxylic acids is 1. The van der Waals surface area contributed by atoms with Crippen molar-refractivity contribution in [1.82, 2.24) is 5.16 Å². The van der Waals surface area contributed by atoms with Crippen LogP contribution in [-0.4, -0.2) is 35.5 Å². The second-order valence-corrected chi connectivity index (χ2v) is 7.91. The minimum atomic E-state index is -0.434. The molecule has 2 aliphatic rings. The van der Waals surface area contributed by atoms with Gasteiger partial charge in [0.15, 0.2) is 5.76 Å². The number of aromatic nitrogens is 1. The molecular weight excluding hydrogens is 420 g/mol. The molecule has 3 aromatic rings. The highest BCUT2D eigenvalue weighted by molar-refractivity contribution is 6.38. The fourth-order valence-corrected chi connectivity index (χ4v) is 3.85. The van der Waals surface area contributed by atoms with Crippen molar-refractivity contribution < 1.29 is 23.9 Å². The highest BCUT2D eigenvalue weighted by atomic mass is 35.5. The third kappa shape index (κ3) is 3.66. The van der Waals surface area contributed by atoms with E-state index >= 15 is 0 Å². The molecule has 2 N–H and O–H groups in total. The highest BCUT2D eigenvalue weighted by Crippen LogP contribution is 2.42. The van der Waals surface area contributed by atoms with Crippen LogP contribution in [-0.2, 0) is 9.53 Å². The predicted molar refractivity (Wildman–Crippen MR) is 116 cm³/mol. The van der Waals surface area contributed by atoms with Crippen LogP contribution in [0, 0.1) is 6.92 Å². The van der Waals surface area contributed by atoms with Gasteiger partial charge in [-0.1, -0.05) is 28.9 Å². The molecule has 8 heteroatoms. The number of nitrogens with zero attached hydrogens (tertiary/aromatic N) is 1. The molecule has 158 valence electrons.